The summed E-state index contributed by atoms with van der Waals surface area (Å²) in [6, 6.07) is 21.2. The largest absolute Gasteiger partial charge is 0.367 e. The molecule has 0 radical (unpaired) electrons. The number of nitrogens with one attached hydrogen (secondary N) is 1. The number of rotatable bonds is 1. The van der Waals surface area contributed by atoms with Crippen molar-refractivity contribution in [3.63, 3.8) is 0 Å². The van der Waals surface area contributed by atoms with E-state index in [4.69, 9.17) is 0 Å². The molecular formula is C24H24N2S. The van der Waals surface area contributed by atoms with Crippen molar-refractivity contribution in [2.45, 2.75) is 29.7 Å². The van der Waals surface area contributed by atoms with Gasteiger partial charge in [-0.2, -0.15) is 0 Å². The normalized spacial score (nSPS) is 23.8. The van der Waals surface area contributed by atoms with Crippen LogP contribution in [0.5, 0.6) is 0 Å². The third kappa shape index (κ3) is 2.52. The molecule has 6 rings (SSSR count). The Morgan fingerprint density at radius 1 is 0.963 bits per heavy atom. The van der Waals surface area contributed by atoms with Crippen molar-refractivity contribution >= 4 is 28.2 Å². The molecule has 2 nitrogen and oxygen atoms in total. The van der Waals surface area contributed by atoms with Gasteiger partial charge in [0.15, 0.2) is 0 Å². The molecule has 3 aliphatic heterocycles. The van der Waals surface area contributed by atoms with E-state index < -0.39 is 0 Å². The quantitative estimate of drug-likeness (QED) is 0.626. The van der Waals surface area contributed by atoms with Gasteiger partial charge in [-0.05, 0) is 70.8 Å². The molecule has 3 heteroatoms. The van der Waals surface area contributed by atoms with E-state index >= 15 is 0 Å². The maximum Gasteiger partial charge on any atom is 0.0544 e. The monoisotopic (exact) mass is 372 g/mol. The molecule has 0 spiro atoms. The Kier molecular flexibility index (Phi) is 3.73. The number of thioether (sulfide) groups is 1. The van der Waals surface area contributed by atoms with Gasteiger partial charge in [0, 0.05) is 29.9 Å². The van der Waals surface area contributed by atoms with Crippen LogP contribution in [0, 0.1) is 0 Å². The van der Waals surface area contributed by atoms with Crippen LogP contribution in [0.3, 0.4) is 0 Å². The first kappa shape index (κ1) is 16.0. The summed E-state index contributed by atoms with van der Waals surface area (Å²) in [6.07, 6.45) is 2.56. The third-order valence-electron chi connectivity index (χ3n) is 6.52. The van der Waals surface area contributed by atoms with Crippen molar-refractivity contribution in [1.29, 1.82) is 0 Å². The van der Waals surface area contributed by atoms with E-state index in [2.05, 4.69) is 76.6 Å². The number of fused-ring (bicyclic) bond motifs is 4. The minimum absolute atomic E-state index is 0.645. The lowest BCUT2D eigenvalue weighted by Gasteiger charge is -2.33. The van der Waals surface area contributed by atoms with Crippen LogP contribution in [0.1, 0.15) is 24.3 Å². The SMILES string of the molecule is c1ccc2cc(-c3cc4c5c(c3)[C@H]3CNCC[C@H]3N5CCCS4)ccc2c1. The first-order valence-corrected chi connectivity index (χ1v) is 11.1. The average molecular weight is 373 g/mol. The van der Waals surface area contributed by atoms with Crippen LogP contribution in [0.25, 0.3) is 21.9 Å². The van der Waals surface area contributed by atoms with Gasteiger partial charge in [-0.1, -0.05) is 36.4 Å². The lowest BCUT2D eigenvalue weighted by molar-refractivity contribution is 0.403. The molecule has 1 fully saturated rings. The van der Waals surface area contributed by atoms with Gasteiger partial charge in [-0.15, -0.1) is 11.8 Å². The molecular weight excluding hydrogens is 348 g/mol. The summed E-state index contributed by atoms with van der Waals surface area (Å²) in [4.78, 5) is 4.25. The highest BCUT2D eigenvalue weighted by Gasteiger charge is 2.41. The summed E-state index contributed by atoms with van der Waals surface area (Å²) < 4.78 is 0. The van der Waals surface area contributed by atoms with E-state index in [-0.39, 0.29) is 0 Å². The number of hydrogen-bond donors (Lipinski definition) is 1. The molecule has 3 aromatic rings. The third-order valence-corrected chi connectivity index (χ3v) is 7.64. The van der Waals surface area contributed by atoms with Gasteiger partial charge in [-0.3, -0.25) is 0 Å². The fraction of sp³-hybridized carbons (Fsp3) is 0.333. The summed E-state index contributed by atoms with van der Waals surface area (Å²) in [5, 5.41) is 6.29. The second-order valence-electron chi connectivity index (χ2n) is 8.04. The fourth-order valence-electron chi connectivity index (χ4n) is 5.26. The molecule has 1 saturated heterocycles. The van der Waals surface area contributed by atoms with E-state index in [1.54, 1.807) is 11.3 Å². The molecule has 136 valence electrons. The lowest BCUT2D eigenvalue weighted by Crippen LogP contribution is -2.44. The Balaban J connectivity index is 1.53. The Hall–Kier alpha value is -1.97. The Labute approximate surface area is 165 Å². The maximum atomic E-state index is 3.65. The molecule has 0 saturated carbocycles. The predicted octanol–water partition coefficient (Wildman–Crippen LogP) is 5.27. The second kappa shape index (κ2) is 6.29. The minimum Gasteiger partial charge on any atom is -0.367 e. The van der Waals surface area contributed by atoms with Gasteiger partial charge in [0.2, 0.25) is 0 Å². The van der Waals surface area contributed by atoms with Crippen LogP contribution >= 0.6 is 11.8 Å². The first-order chi connectivity index (χ1) is 13.4. The molecule has 3 aromatic carbocycles. The molecule has 0 amide bonds. The first-order valence-electron chi connectivity index (χ1n) is 10.2. The van der Waals surface area contributed by atoms with E-state index in [1.807, 2.05) is 0 Å². The molecule has 0 unspecified atom stereocenters. The smallest absolute Gasteiger partial charge is 0.0544 e. The van der Waals surface area contributed by atoms with Crippen LogP contribution in [0.15, 0.2) is 59.5 Å². The molecule has 0 aromatic heterocycles. The van der Waals surface area contributed by atoms with E-state index in [1.165, 1.54) is 51.9 Å². The second-order valence-corrected chi connectivity index (χ2v) is 9.17. The number of nitrogens with zero attached hydrogens (tertiary/aromatic N) is 1. The molecule has 0 bridgehead atoms. The van der Waals surface area contributed by atoms with Crippen LogP contribution in [-0.4, -0.2) is 31.4 Å². The van der Waals surface area contributed by atoms with Gasteiger partial charge in [-0.25, -0.2) is 0 Å². The van der Waals surface area contributed by atoms with Crippen molar-refractivity contribution in [2.75, 3.05) is 30.3 Å². The average Bonchev–Trinajstić information content (AvgIpc) is 2.89. The van der Waals surface area contributed by atoms with E-state index in [9.17, 15) is 0 Å². The zero-order chi connectivity index (χ0) is 17.8. The highest BCUT2D eigenvalue weighted by molar-refractivity contribution is 7.99. The minimum atomic E-state index is 0.645. The van der Waals surface area contributed by atoms with Gasteiger partial charge in [0.05, 0.1) is 5.69 Å². The van der Waals surface area contributed by atoms with Crippen LogP contribution < -0.4 is 10.2 Å². The van der Waals surface area contributed by atoms with Gasteiger partial charge in [0.25, 0.3) is 0 Å². The van der Waals surface area contributed by atoms with Crippen LogP contribution in [0.4, 0.5) is 5.69 Å². The molecule has 3 heterocycles. The standard InChI is InChI=1S/C24H24N2S/c1-2-5-17-12-18(7-6-16(17)4-1)19-13-20-21-15-25-9-8-22(21)26-10-3-11-27-23(14-19)24(20)26/h1-2,4-7,12-14,21-22,25H,3,8-11,15H2/t21-,22-/m1/s1. The van der Waals surface area contributed by atoms with Crippen molar-refractivity contribution in [3.05, 3.63) is 60.2 Å². The number of piperidine rings is 1. The summed E-state index contributed by atoms with van der Waals surface area (Å²) in [7, 11) is 0. The van der Waals surface area contributed by atoms with Crippen molar-refractivity contribution in [2.24, 2.45) is 0 Å². The molecule has 3 aliphatic rings. The number of hydrogen-bond acceptors (Lipinski definition) is 3. The van der Waals surface area contributed by atoms with Crippen molar-refractivity contribution < 1.29 is 0 Å². The maximum absolute atomic E-state index is 3.65. The van der Waals surface area contributed by atoms with Crippen LogP contribution in [-0.2, 0) is 0 Å². The predicted molar refractivity (Wildman–Crippen MR) is 116 cm³/mol. The molecule has 1 N–H and O–H groups in total. The van der Waals surface area contributed by atoms with Gasteiger partial charge in [0.1, 0.15) is 0 Å². The van der Waals surface area contributed by atoms with E-state index in [0.29, 0.717) is 12.0 Å². The van der Waals surface area contributed by atoms with E-state index in [0.717, 1.165) is 13.1 Å². The zero-order valence-electron chi connectivity index (χ0n) is 15.4. The van der Waals surface area contributed by atoms with Gasteiger partial charge < -0.3 is 10.2 Å². The van der Waals surface area contributed by atoms with Crippen molar-refractivity contribution in [1.82, 2.24) is 5.32 Å². The molecule has 0 aliphatic carbocycles. The summed E-state index contributed by atoms with van der Waals surface area (Å²) in [5.41, 5.74) is 5.87. The topological polar surface area (TPSA) is 15.3 Å². The molecule has 27 heavy (non-hydrogen) atoms. The van der Waals surface area contributed by atoms with Gasteiger partial charge >= 0.3 is 0 Å². The summed E-state index contributed by atoms with van der Waals surface area (Å²) in [5.74, 6) is 1.88. The fourth-order valence-corrected chi connectivity index (χ4v) is 6.34. The Morgan fingerprint density at radius 3 is 2.85 bits per heavy atom. The zero-order valence-corrected chi connectivity index (χ0v) is 16.3. The highest BCUT2D eigenvalue weighted by Crippen LogP contribution is 2.51. The number of anilines is 1. The lowest BCUT2D eigenvalue weighted by atomic mass is 9.88. The summed E-state index contributed by atoms with van der Waals surface area (Å²) in [6.45, 7) is 3.51. The Morgan fingerprint density at radius 2 is 1.89 bits per heavy atom. The molecule has 2 atom stereocenters. The highest BCUT2D eigenvalue weighted by atomic mass is 32.2. The van der Waals surface area contributed by atoms with Crippen LogP contribution in [0.2, 0.25) is 0 Å². The number of benzene rings is 3. The van der Waals surface area contributed by atoms with Crippen molar-refractivity contribution in [3.8, 4) is 11.1 Å². The summed E-state index contributed by atoms with van der Waals surface area (Å²) >= 11 is 2.06. The Bertz CT molecular complexity index is 1030.